The molecular formula is C15H20F3N3O4S. The second-order valence-corrected chi connectivity index (χ2v) is 7.74. The fourth-order valence-corrected chi connectivity index (χ4v) is 3.25. The summed E-state index contributed by atoms with van der Waals surface area (Å²) in [6, 6.07) is 3.67. The van der Waals surface area contributed by atoms with E-state index in [-0.39, 0.29) is 29.8 Å². The Labute approximate surface area is 149 Å². The van der Waals surface area contributed by atoms with Crippen molar-refractivity contribution in [1.82, 2.24) is 10.0 Å². The van der Waals surface area contributed by atoms with E-state index in [1.807, 2.05) is 0 Å². The van der Waals surface area contributed by atoms with Gasteiger partial charge in [0.25, 0.3) is 0 Å². The summed E-state index contributed by atoms with van der Waals surface area (Å²) in [4.78, 5) is 11.4. The Balaban J connectivity index is 1.77. The zero-order valence-corrected chi connectivity index (χ0v) is 14.6. The Morgan fingerprint density at radius 3 is 2.42 bits per heavy atom. The molecule has 0 radical (unpaired) electrons. The molecule has 1 unspecified atom stereocenters. The molecule has 1 aliphatic carbocycles. The molecule has 0 aliphatic heterocycles. The molecule has 26 heavy (non-hydrogen) atoms. The Bertz CT molecular complexity index is 719. The summed E-state index contributed by atoms with van der Waals surface area (Å²) in [5, 5.41) is 2.64. The number of nitrogens with two attached hydrogens (primary N) is 1. The molecule has 1 fully saturated rings. The highest BCUT2D eigenvalue weighted by Crippen LogP contribution is 2.31. The molecule has 1 saturated carbocycles. The van der Waals surface area contributed by atoms with Gasteiger partial charge in [-0.3, -0.25) is 4.79 Å². The summed E-state index contributed by atoms with van der Waals surface area (Å²) in [7, 11) is -3.94. The van der Waals surface area contributed by atoms with Crippen LogP contribution in [0.5, 0.6) is 5.75 Å². The smallest absolute Gasteiger partial charge is 0.406 e. The van der Waals surface area contributed by atoms with Crippen LogP contribution in [0.1, 0.15) is 19.3 Å². The van der Waals surface area contributed by atoms with Crippen LogP contribution in [0.2, 0.25) is 0 Å². The van der Waals surface area contributed by atoms with Crippen LogP contribution in [0.4, 0.5) is 13.2 Å². The summed E-state index contributed by atoms with van der Waals surface area (Å²) in [6.07, 6.45) is -2.81. The summed E-state index contributed by atoms with van der Waals surface area (Å²) >= 11 is 0. The van der Waals surface area contributed by atoms with Crippen molar-refractivity contribution in [2.24, 2.45) is 11.7 Å². The van der Waals surface area contributed by atoms with Gasteiger partial charge in [-0.15, -0.1) is 13.2 Å². The van der Waals surface area contributed by atoms with Gasteiger partial charge in [-0.25, -0.2) is 13.1 Å². The van der Waals surface area contributed by atoms with Gasteiger partial charge in [-0.2, -0.15) is 0 Å². The molecule has 0 heterocycles. The first-order chi connectivity index (χ1) is 12.1. The summed E-state index contributed by atoms with van der Waals surface area (Å²) in [5.74, 6) is -0.418. The number of nitrogens with one attached hydrogen (secondary N) is 2. The van der Waals surface area contributed by atoms with E-state index in [1.54, 1.807) is 0 Å². The first-order valence-corrected chi connectivity index (χ1v) is 9.43. The first-order valence-electron chi connectivity index (χ1n) is 7.94. The lowest BCUT2D eigenvalue weighted by atomic mass is 10.2. The number of halogens is 3. The minimum absolute atomic E-state index is 0.0775. The SMILES string of the molecule is NC(CNC(=O)CCNS(=O)(=O)c1ccc(OC(F)(F)F)cc1)C1CC1. The minimum atomic E-state index is -4.85. The number of amides is 1. The average Bonchev–Trinajstić information content (AvgIpc) is 3.36. The molecule has 11 heteroatoms. The van der Waals surface area contributed by atoms with Crippen LogP contribution in [-0.4, -0.2) is 39.8 Å². The van der Waals surface area contributed by atoms with E-state index < -0.39 is 22.1 Å². The molecule has 1 atom stereocenters. The number of alkyl halides is 3. The lowest BCUT2D eigenvalue weighted by Crippen LogP contribution is -2.39. The van der Waals surface area contributed by atoms with Crippen molar-refractivity contribution >= 4 is 15.9 Å². The van der Waals surface area contributed by atoms with E-state index in [0.717, 1.165) is 37.1 Å². The monoisotopic (exact) mass is 395 g/mol. The second-order valence-electron chi connectivity index (χ2n) is 5.97. The number of ether oxygens (including phenoxy) is 1. The fraction of sp³-hybridized carbons (Fsp3) is 0.533. The molecule has 1 aromatic rings. The number of sulfonamides is 1. The molecule has 0 spiro atoms. The Kier molecular flexibility index (Phi) is 6.48. The summed E-state index contributed by atoms with van der Waals surface area (Å²) in [5.41, 5.74) is 5.84. The average molecular weight is 395 g/mol. The van der Waals surface area contributed by atoms with Crippen LogP contribution < -0.4 is 20.5 Å². The maximum absolute atomic E-state index is 12.1. The highest BCUT2D eigenvalue weighted by Gasteiger charge is 2.31. The predicted molar refractivity (Wildman–Crippen MR) is 86.6 cm³/mol. The third-order valence-electron chi connectivity index (χ3n) is 3.77. The minimum Gasteiger partial charge on any atom is -0.406 e. The van der Waals surface area contributed by atoms with Gasteiger partial charge in [0.2, 0.25) is 15.9 Å². The molecule has 4 N–H and O–H groups in total. The van der Waals surface area contributed by atoms with Crippen molar-refractivity contribution in [3.63, 3.8) is 0 Å². The van der Waals surface area contributed by atoms with Crippen LogP contribution in [-0.2, 0) is 14.8 Å². The zero-order chi connectivity index (χ0) is 19.4. The van der Waals surface area contributed by atoms with Gasteiger partial charge in [0.1, 0.15) is 5.75 Å². The van der Waals surface area contributed by atoms with Crippen molar-refractivity contribution in [2.45, 2.75) is 36.6 Å². The van der Waals surface area contributed by atoms with Crippen molar-refractivity contribution in [1.29, 1.82) is 0 Å². The highest BCUT2D eigenvalue weighted by atomic mass is 32.2. The maximum Gasteiger partial charge on any atom is 0.573 e. The van der Waals surface area contributed by atoms with Gasteiger partial charge in [-0.1, -0.05) is 0 Å². The quantitative estimate of drug-likeness (QED) is 0.580. The predicted octanol–water partition coefficient (Wildman–Crippen LogP) is 1.11. The third-order valence-corrected chi connectivity index (χ3v) is 5.25. The van der Waals surface area contributed by atoms with Crippen molar-refractivity contribution in [3.8, 4) is 5.75 Å². The summed E-state index contributed by atoms with van der Waals surface area (Å²) in [6.45, 7) is 0.199. The van der Waals surface area contributed by atoms with E-state index in [0.29, 0.717) is 12.5 Å². The van der Waals surface area contributed by atoms with E-state index in [2.05, 4.69) is 14.8 Å². The van der Waals surface area contributed by atoms with Crippen molar-refractivity contribution < 1.29 is 31.1 Å². The van der Waals surface area contributed by atoms with Gasteiger partial charge >= 0.3 is 6.36 Å². The number of rotatable bonds is 9. The van der Waals surface area contributed by atoms with E-state index in [1.165, 1.54) is 0 Å². The molecule has 0 saturated heterocycles. The van der Waals surface area contributed by atoms with Crippen LogP contribution >= 0.6 is 0 Å². The number of carbonyl (C=O) groups is 1. The molecule has 0 aromatic heterocycles. The molecule has 1 amide bonds. The summed E-state index contributed by atoms with van der Waals surface area (Å²) < 4.78 is 66.2. The number of hydrogen-bond acceptors (Lipinski definition) is 5. The molecule has 146 valence electrons. The molecule has 7 nitrogen and oxygen atoms in total. The van der Waals surface area contributed by atoms with E-state index in [4.69, 9.17) is 5.73 Å². The maximum atomic E-state index is 12.1. The third kappa shape index (κ3) is 6.81. The van der Waals surface area contributed by atoms with Crippen molar-refractivity contribution in [2.75, 3.05) is 13.1 Å². The van der Waals surface area contributed by atoms with Crippen LogP contribution in [0.25, 0.3) is 0 Å². The van der Waals surface area contributed by atoms with Crippen molar-refractivity contribution in [3.05, 3.63) is 24.3 Å². The molecule has 0 bridgehead atoms. The topological polar surface area (TPSA) is 111 Å². The largest absolute Gasteiger partial charge is 0.573 e. The Hall–Kier alpha value is -1.85. The normalized spacial score (nSPS) is 16.2. The highest BCUT2D eigenvalue weighted by molar-refractivity contribution is 7.89. The van der Waals surface area contributed by atoms with Crippen LogP contribution in [0, 0.1) is 5.92 Å². The van der Waals surface area contributed by atoms with Crippen LogP contribution in [0.3, 0.4) is 0 Å². The molecule has 2 rings (SSSR count). The van der Waals surface area contributed by atoms with E-state index in [9.17, 15) is 26.4 Å². The zero-order valence-electron chi connectivity index (χ0n) is 13.8. The Morgan fingerprint density at radius 2 is 1.88 bits per heavy atom. The molecule has 1 aromatic carbocycles. The number of benzene rings is 1. The molecule has 1 aliphatic rings. The second kappa shape index (κ2) is 8.23. The van der Waals surface area contributed by atoms with Gasteiger partial charge in [0.05, 0.1) is 4.90 Å². The Morgan fingerprint density at radius 1 is 1.27 bits per heavy atom. The lowest BCUT2D eigenvalue weighted by Gasteiger charge is -2.12. The van der Waals surface area contributed by atoms with Gasteiger partial charge in [-0.05, 0) is 43.0 Å². The van der Waals surface area contributed by atoms with Gasteiger partial charge in [0.15, 0.2) is 0 Å². The first kappa shape index (κ1) is 20.5. The fourth-order valence-electron chi connectivity index (χ4n) is 2.21. The number of hydrogen-bond donors (Lipinski definition) is 3. The van der Waals surface area contributed by atoms with Crippen LogP contribution in [0.15, 0.2) is 29.2 Å². The lowest BCUT2D eigenvalue weighted by molar-refractivity contribution is -0.274. The standard InChI is InChI=1S/C15H20F3N3O4S/c16-15(17,18)25-11-3-5-12(6-4-11)26(23,24)21-8-7-14(22)20-9-13(19)10-1-2-10/h3-6,10,13,21H,1-2,7-9,19H2,(H,20,22). The van der Waals surface area contributed by atoms with Gasteiger partial charge < -0.3 is 15.8 Å². The van der Waals surface area contributed by atoms with Gasteiger partial charge in [0, 0.05) is 25.6 Å². The number of carbonyl (C=O) groups excluding carboxylic acids is 1. The van der Waals surface area contributed by atoms with E-state index >= 15 is 0 Å². The molecular weight excluding hydrogens is 375 g/mol.